The highest BCUT2D eigenvalue weighted by molar-refractivity contribution is 7.89. The Morgan fingerprint density at radius 3 is 2.82 bits per heavy atom. The molecule has 0 fully saturated rings. The van der Waals surface area contributed by atoms with E-state index in [1.165, 1.54) is 28.4 Å². The number of aromatic nitrogens is 2. The fraction of sp³-hybridized carbons (Fsp3) is 0.500. The van der Waals surface area contributed by atoms with Gasteiger partial charge in [0.2, 0.25) is 10.0 Å². The first-order chi connectivity index (χ1) is 7.87. The third-order valence-electron chi connectivity index (χ3n) is 2.17. The number of nitrogens with two attached hydrogens (primary N) is 1. The number of hydrogen-bond donors (Lipinski definition) is 1. The van der Waals surface area contributed by atoms with Crippen LogP contribution in [-0.4, -0.2) is 42.6 Å². The van der Waals surface area contributed by atoms with E-state index in [4.69, 9.17) is 5.73 Å². The van der Waals surface area contributed by atoms with Crippen LogP contribution in [-0.2, 0) is 16.6 Å². The molecule has 0 saturated carbocycles. The highest BCUT2D eigenvalue weighted by Crippen LogP contribution is 2.13. The molecular formula is C10H18N4O2S. The first-order valence-corrected chi connectivity index (χ1v) is 6.65. The highest BCUT2D eigenvalue weighted by Gasteiger charge is 2.22. The van der Waals surface area contributed by atoms with E-state index in [0.717, 1.165) is 5.57 Å². The molecule has 1 rings (SSSR count). The molecule has 1 aromatic rings. The van der Waals surface area contributed by atoms with Crippen LogP contribution in [0.4, 0.5) is 0 Å². The molecule has 2 N–H and O–H groups in total. The van der Waals surface area contributed by atoms with Crippen molar-refractivity contribution in [2.24, 2.45) is 5.73 Å². The first kappa shape index (κ1) is 13.9. The summed E-state index contributed by atoms with van der Waals surface area (Å²) in [7, 11) is -1.97. The van der Waals surface area contributed by atoms with Crippen molar-refractivity contribution in [1.82, 2.24) is 14.1 Å². The molecule has 0 radical (unpaired) electrons. The molecule has 1 aromatic heterocycles. The van der Waals surface area contributed by atoms with Crippen molar-refractivity contribution in [3.63, 3.8) is 0 Å². The van der Waals surface area contributed by atoms with Gasteiger partial charge in [0.05, 0.1) is 12.7 Å². The van der Waals surface area contributed by atoms with Gasteiger partial charge in [-0.2, -0.15) is 9.40 Å². The minimum atomic E-state index is -3.48. The lowest BCUT2D eigenvalue weighted by Crippen LogP contribution is -2.28. The summed E-state index contributed by atoms with van der Waals surface area (Å²) in [6.45, 7) is 6.69. The highest BCUT2D eigenvalue weighted by atomic mass is 32.2. The summed E-state index contributed by atoms with van der Waals surface area (Å²) in [4.78, 5) is 0.176. The second-order valence-corrected chi connectivity index (χ2v) is 5.99. The van der Waals surface area contributed by atoms with Crippen LogP contribution in [0.5, 0.6) is 0 Å². The number of rotatable bonds is 6. The van der Waals surface area contributed by atoms with Crippen LogP contribution in [0.1, 0.15) is 6.92 Å². The Kier molecular flexibility index (Phi) is 4.44. The van der Waals surface area contributed by atoms with Crippen LogP contribution in [0, 0.1) is 0 Å². The average Bonchev–Trinajstić information content (AvgIpc) is 2.66. The summed E-state index contributed by atoms with van der Waals surface area (Å²) in [5.74, 6) is 0. The maximum absolute atomic E-state index is 12.1. The Balaban J connectivity index is 2.92. The number of nitrogens with zero attached hydrogens (tertiary/aromatic N) is 3. The number of likely N-dealkylation sites (N-methyl/N-ethyl adjacent to an activating group) is 1. The van der Waals surface area contributed by atoms with E-state index in [1.807, 2.05) is 0 Å². The first-order valence-electron chi connectivity index (χ1n) is 5.21. The zero-order valence-electron chi connectivity index (χ0n) is 10.1. The summed E-state index contributed by atoms with van der Waals surface area (Å²) >= 11 is 0. The number of sulfonamides is 1. The molecule has 0 bridgehead atoms. The molecule has 0 spiro atoms. The zero-order valence-corrected chi connectivity index (χ0v) is 10.9. The van der Waals surface area contributed by atoms with Crippen molar-refractivity contribution >= 4 is 10.0 Å². The van der Waals surface area contributed by atoms with Crippen molar-refractivity contribution in [1.29, 1.82) is 0 Å². The van der Waals surface area contributed by atoms with Gasteiger partial charge < -0.3 is 5.73 Å². The smallest absolute Gasteiger partial charge is 0.246 e. The third kappa shape index (κ3) is 3.39. The number of hydrogen-bond acceptors (Lipinski definition) is 4. The predicted octanol–water partition coefficient (Wildman–Crippen LogP) is 0.0384. The SMILES string of the molecule is C=C(C)CN(C)S(=O)(=O)c1cnn(CCN)c1. The van der Waals surface area contributed by atoms with E-state index in [1.54, 1.807) is 6.92 Å². The summed E-state index contributed by atoms with van der Waals surface area (Å²) in [6.07, 6.45) is 2.82. The topological polar surface area (TPSA) is 81.2 Å². The molecule has 0 amide bonds. The Labute approximate surface area is 102 Å². The van der Waals surface area contributed by atoms with Gasteiger partial charge in [0.1, 0.15) is 4.90 Å². The second kappa shape index (κ2) is 5.44. The van der Waals surface area contributed by atoms with Gasteiger partial charge in [0.25, 0.3) is 0 Å². The minimum absolute atomic E-state index is 0.176. The summed E-state index contributed by atoms with van der Waals surface area (Å²) in [6, 6.07) is 0. The van der Waals surface area contributed by atoms with Gasteiger partial charge in [0, 0.05) is 26.3 Å². The summed E-state index contributed by atoms with van der Waals surface area (Å²) < 4.78 is 26.9. The molecular weight excluding hydrogens is 240 g/mol. The van der Waals surface area contributed by atoms with E-state index in [9.17, 15) is 8.42 Å². The second-order valence-electron chi connectivity index (χ2n) is 3.95. The van der Waals surface area contributed by atoms with Crippen LogP contribution >= 0.6 is 0 Å². The molecule has 1 heterocycles. The van der Waals surface area contributed by atoms with E-state index >= 15 is 0 Å². The molecule has 17 heavy (non-hydrogen) atoms. The van der Waals surface area contributed by atoms with E-state index in [0.29, 0.717) is 19.6 Å². The summed E-state index contributed by atoms with van der Waals surface area (Å²) in [5, 5.41) is 3.94. The van der Waals surface area contributed by atoms with E-state index < -0.39 is 10.0 Å². The van der Waals surface area contributed by atoms with Gasteiger partial charge in [-0.25, -0.2) is 8.42 Å². The van der Waals surface area contributed by atoms with E-state index in [-0.39, 0.29) is 4.90 Å². The quantitative estimate of drug-likeness (QED) is 0.730. The molecule has 0 unspecified atom stereocenters. The van der Waals surface area contributed by atoms with Crippen molar-refractivity contribution in [3.8, 4) is 0 Å². The van der Waals surface area contributed by atoms with Gasteiger partial charge >= 0.3 is 0 Å². The molecule has 96 valence electrons. The van der Waals surface area contributed by atoms with Gasteiger partial charge in [-0.3, -0.25) is 4.68 Å². The normalized spacial score (nSPS) is 12.0. The van der Waals surface area contributed by atoms with Crippen LogP contribution in [0.25, 0.3) is 0 Å². The molecule has 0 aromatic carbocycles. The standard InChI is InChI=1S/C10H18N4O2S/c1-9(2)7-13(3)17(15,16)10-6-12-14(8-10)5-4-11/h6,8H,1,4-5,7,11H2,2-3H3. The Hall–Kier alpha value is -1.18. The molecule has 0 saturated heterocycles. The van der Waals surface area contributed by atoms with Crippen LogP contribution in [0.2, 0.25) is 0 Å². The lowest BCUT2D eigenvalue weighted by molar-refractivity contribution is 0.493. The molecule has 0 atom stereocenters. The lowest BCUT2D eigenvalue weighted by Gasteiger charge is -2.15. The van der Waals surface area contributed by atoms with E-state index in [2.05, 4.69) is 11.7 Å². The third-order valence-corrected chi connectivity index (χ3v) is 3.92. The Morgan fingerprint density at radius 2 is 2.29 bits per heavy atom. The average molecular weight is 258 g/mol. The fourth-order valence-corrected chi connectivity index (χ4v) is 2.56. The van der Waals surface area contributed by atoms with Crippen LogP contribution in [0.15, 0.2) is 29.4 Å². The van der Waals surface area contributed by atoms with Crippen molar-refractivity contribution in [2.45, 2.75) is 18.4 Å². The molecule has 6 nitrogen and oxygen atoms in total. The molecule has 7 heteroatoms. The summed E-state index contributed by atoms with van der Waals surface area (Å²) in [5.41, 5.74) is 6.16. The van der Waals surface area contributed by atoms with Crippen LogP contribution in [0.3, 0.4) is 0 Å². The lowest BCUT2D eigenvalue weighted by atomic mass is 10.4. The van der Waals surface area contributed by atoms with Crippen molar-refractivity contribution in [2.75, 3.05) is 20.1 Å². The maximum Gasteiger partial charge on any atom is 0.246 e. The maximum atomic E-state index is 12.1. The minimum Gasteiger partial charge on any atom is -0.329 e. The zero-order chi connectivity index (χ0) is 13.1. The molecule has 0 aliphatic rings. The monoisotopic (exact) mass is 258 g/mol. The van der Waals surface area contributed by atoms with Crippen molar-refractivity contribution < 1.29 is 8.42 Å². The van der Waals surface area contributed by atoms with Crippen molar-refractivity contribution in [3.05, 3.63) is 24.5 Å². The Bertz CT molecular complexity index is 492. The Morgan fingerprint density at radius 1 is 1.65 bits per heavy atom. The van der Waals surface area contributed by atoms with Gasteiger partial charge in [-0.05, 0) is 6.92 Å². The molecule has 0 aliphatic carbocycles. The molecule has 0 aliphatic heterocycles. The fourth-order valence-electron chi connectivity index (χ4n) is 1.38. The van der Waals surface area contributed by atoms with Gasteiger partial charge in [-0.1, -0.05) is 12.2 Å². The van der Waals surface area contributed by atoms with Crippen LogP contribution < -0.4 is 5.73 Å². The van der Waals surface area contributed by atoms with Gasteiger partial charge in [-0.15, -0.1) is 0 Å². The van der Waals surface area contributed by atoms with Gasteiger partial charge in [0.15, 0.2) is 0 Å². The predicted molar refractivity (Wildman–Crippen MR) is 65.9 cm³/mol. The largest absolute Gasteiger partial charge is 0.329 e.